The molecule has 7 heteroatoms. The predicted molar refractivity (Wildman–Crippen MR) is 104 cm³/mol. The van der Waals surface area contributed by atoms with Gasteiger partial charge in [-0.25, -0.2) is 0 Å². The van der Waals surface area contributed by atoms with Crippen LogP contribution in [0.4, 0.5) is 0 Å². The van der Waals surface area contributed by atoms with Crippen LogP contribution in [-0.4, -0.2) is 46.2 Å². The quantitative estimate of drug-likeness (QED) is 0.493. The zero-order valence-electron chi connectivity index (χ0n) is 15.5. The van der Waals surface area contributed by atoms with E-state index in [4.69, 9.17) is 5.11 Å². The molecule has 0 aliphatic carbocycles. The second-order valence-corrected chi connectivity index (χ2v) is 6.56. The molecule has 0 heterocycles. The van der Waals surface area contributed by atoms with E-state index < -0.39 is 36.0 Å². The number of nitrogens with one attached hydrogen (secondary N) is 2. The molecule has 1 amide bonds. The summed E-state index contributed by atoms with van der Waals surface area (Å²) in [6.45, 7) is 1.36. The van der Waals surface area contributed by atoms with E-state index in [0.717, 1.165) is 11.1 Å². The van der Waals surface area contributed by atoms with Crippen molar-refractivity contribution < 1.29 is 24.6 Å². The van der Waals surface area contributed by atoms with E-state index in [2.05, 4.69) is 10.6 Å². The highest BCUT2D eigenvalue weighted by molar-refractivity contribution is 5.87. The molecule has 4 N–H and O–H groups in total. The van der Waals surface area contributed by atoms with E-state index in [9.17, 15) is 19.5 Å². The number of carboxylic acids is 2. The standard InChI is InChI=1S/C21H24N2O5/c1-14(20(25)26)22-19(24)17(12-15-8-4-2-5-9-15)23-18(21(27)28)13-16-10-6-3-7-11-16/h2-11,14,17-18,23H,12-13H2,1H3,(H,22,24)(H,25,26)(H,27,28)/t14-,17-,18-/m0/s1. The van der Waals surface area contributed by atoms with Gasteiger partial charge in [-0.2, -0.15) is 0 Å². The van der Waals surface area contributed by atoms with E-state index in [1.54, 1.807) is 0 Å². The van der Waals surface area contributed by atoms with Crippen LogP contribution in [0, 0.1) is 0 Å². The Morgan fingerprint density at radius 2 is 1.25 bits per heavy atom. The molecular weight excluding hydrogens is 360 g/mol. The minimum absolute atomic E-state index is 0.198. The fraction of sp³-hybridized carbons (Fsp3) is 0.286. The summed E-state index contributed by atoms with van der Waals surface area (Å²) in [5.74, 6) is -2.80. The van der Waals surface area contributed by atoms with E-state index in [0.29, 0.717) is 0 Å². The molecule has 2 aromatic rings. The SMILES string of the molecule is C[C@H](NC(=O)[C@H](Cc1ccccc1)N[C@@H](Cc1ccccc1)C(=O)O)C(=O)O. The first kappa shape index (κ1) is 21.1. The molecule has 0 aliphatic rings. The summed E-state index contributed by atoms with van der Waals surface area (Å²) in [4.78, 5) is 35.5. The Bertz CT molecular complexity index is 795. The lowest BCUT2D eigenvalue weighted by molar-refractivity contribution is -0.142. The smallest absolute Gasteiger partial charge is 0.325 e. The number of rotatable bonds is 10. The summed E-state index contributed by atoms with van der Waals surface area (Å²) in [7, 11) is 0. The lowest BCUT2D eigenvalue weighted by atomic mass is 10.0. The molecule has 0 fully saturated rings. The van der Waals surface area contributed by atoms with Gasteiger partial charge in [0.25, 0.3) is 0 Å². The van der Waals surface area contributed by atoms with E-state index in [1.165, 1.54) is 6.92 Å². The highest BCUT2D eigenvalue weighted by Gasteiger charge is 2.28. The molecule has 0 bridgehead atoms. The van der Waals surface area contributed by atoms with Crippen LogP contribution in [0.1, 0.15) is 18.1 Å². The van der Waals surface area contributed by atoms with Gasteiger partial charge < -0.3 is 15.5 Å². The number of carbonyl (C=O) groups excluding carboxylic acids is 1. The average Bonchev–Trinajstić information content (AvgIpc) is 2.68. The summed E-state index contributed by atoms with van der Waals surface area (Å²) in [6.07, 6.45) is 0.431. The van der Waals surface area contributed by atoms with Crippen LogP contribution >= 0.6 is 0 Å². The largest absolute Gasteiger partial charge is 0.480 e. The molecule has 0 saturated carbocycles. The first-order valence-electron chi connectivity index (χ1n) is 8.96. The number of carboxylic acid groups (broad SMARTS) is 2. The van der Waals surface area contributed by atoms with Crippen LogP contribution in [-0.2, 0) is 27.2 Å². The first-order valence-corrected chi connectivity index (χ1v) is 8.96. The van der Waals surface area contributed by atoms with E-state index in [-0.39, 0.29) is 12.8 Å². The zero-order chi connectivity index (χ0) is 20.5. The molecule has 0 saturated heterocycles. The molecule has 0 radical (unpaired) electrons. The maximum absolute atomic E-state index is 12.6. The molecule has 0 unspecified atom stereocenters. The van der Waals surface area contributed by atoms with Gasteiger partial charge in [0.2, 0.25) is 5.91 Å². The van der Waals surface area contributed by atoms with Crippen LogP contribution in [0.2, 0.25) is 0 Å². The molecule has 2 rings (SSSR count). The maximum atomic E-state index is 12.6. The lowest BCUT2D eigenvalue weighted by Crippen LogP contribution is -2.55. The fourth-order valence-electron chi connectivity index (χ4n) is 2.76. The minimum atomic E-state index is -1.16. The second kappa shape index (κ2) is 10.2. The third kappa shape index (κ3) is 6.51. The predicted octanol–water partition coefficient (Wildman–Crippen LogP) is 1.47. The van der Waals surface area contributed by atoms with Crippen molar-refractivity contribution in [1.29, 1.82) is 0 Å². The van der Waals surface area contributed by atoms with Crippen LogP contribution < -0.4 is 10.6 Å². The van der Waals surface area contributed by atoms with Gasteiger partial charge in [-0.1, -0.05) is 60.7 Å². The first-order chi connectivity index (χ1) is 13.4. The van der Waals surface area contributed by atoms with Gasteiger partial charge in [-0.3, -0.25) is 19.7 Å². The molecular formula is C21H24N2O5. The molecule has 0 aliphatic heterocycles. The summed E-state index contributed by atoms with van der Waals surface area (Å²) < 4.78 is 0. The van der Waals surface area contributed by atoms with E-state index >= 15 is 0 Å². The van der Waals surface area contributed by atoms with Gasteiger partial charge in [-0.05, 0) is 30.9 Å². The Hall–Kier alpha value is -3.19. The highest BCUT2D eigenvalue weighted by atomic mass is 16.4. The molecule has 0 aromatic heterocycles. The third-order valence-corrected chi connectivity index (χ3v) is 4.31. The van der Waals surface area contributed by atoms with Gasteiger partial charge in [-0.15, -0.1) is 0 Å². The zero-order valence-corrected chi connectivity index (χ0v) is 15.5. The molecule has 7 nitrogen and oxygen atoms in total. The Kier molecular flexibility index (Phi) is 7.71. The van der Waals surface area contributed by atoms with Crippen molar-refractivity contribution >= 4 is 17.8 Å². The summed E-state index contributed by atoms with van der Waals surface area (Å²) in [5, 5.41) is 24.0. The molecule has 2 aromatic carbocycles. The number of benzene rings is 2. The Balaban J connectivity index is 2.18. The number of aliphatic carboxylic acids is 2. The Morgan fingerprint density at radius 1 is 0.786 bits per heavy atom. The summed E-state index contributed by atoms with van der Waals surface area (Å²) in [5.41, 5.74) is 1.65. The monoisotopic (exact) mass is 384 g/mol. The van der Waals surface area contributed by atoms with Crippen molar-refractivity contribution in [3.8, 4) is 0 Å². The Labute approximate surface area is 163 Å². The minimum Gasteiger partial charge on any atom is -0.480 e. The van der Waals surface area contributed by atoms with Crippen molar-refractivity contribution in [1.82, 2.24) is 10.6 Å². The van der Waals surface area contributed by atoms with Crippen molar-refractivity contribution in [2.24, 2.45) is 0 Å². The molecule has 0 spiro atoms. The van der Waals surface area contributed by atoms with Gasteiger partial charge in [0.05, 0.1) is 6.04 Å². The van der Waals surface area contributed by atoms with Crippen LogP contribution in [0.25, 0.3) is 0 Å². The third-order valence-electron chi connectivity index (χ3n) is 4.31. The molecule has 3 atom stereocenters. The molecule has 148 valence electrons. The van der Waals surface area contributed by atoms with Gasteiger partial charge >= 0.3 is 11.9 Å². The van der Waals surface area contributed by atoms with Crippen LogP contribution in [0.3, 0.4) is 0 Å². The average molecular weight is 384 g/mol. The van der Waals surface area contributed by atoms with Crippen molar-refractivity contribution in [3.05, 3.63) is 71.8 Å². The Morgan fingerprint density at radius 3 is 1.68 bits per heavy atom. The van der Waals surface area contributed by atoms with Crippen LogP contribution in [0.15, 0.2) is 60.7 Å². The second-order valence-electron chi connectivity index (χ2n) is 6.56. The van der Waals surface area contributed by atoms with Gasteiger partial charge in [0.1, 0.15) is 12.1 Å². The molecule has 28 heavy (non-hydrogen) atoms. The van der Waals surface area contributed by atoms with Gasteiger partial charge in [0, 0.05) is 0 Å². The van der Waals surface area contributed by atoms with Crippen molar-refractivity contribution in [2.45, 2.75) is 37.9 Å². The number of hydrogen-bond acceptors (Lipinski definition) is 4. The summed E-state index contributed by atoms with van der Waals surface area (Å²) >= 11 is 0. The van der Waals surface area contributed by atoms with Gasteiger partial charge in [0.15, 0.2) is 0 Å². The number of hydrogen-bond donors (Lipinski definition) is 4. The van der Waals surface area contributed by atoms with Crippen LogP contribution in [0.5, 0.6) is 0 Å². The maximum Gasteiger partial charge on any atom is 0.325 e. The van der Waals surface area contributed by atoms with Crippen molar-refractivity contribution in [3.63, 3.8) is 0 Å². The topological polar surface area (TPSA) is 116 Å². The van der Waals surface area contributed by atoms with E-state index in [1.807, 2.05) is 60.7 Å². The number of carbonyl (C=O) groups is 3. The highest BCUT2D eigenvalue weighted by Crippen LogP contribution is 2.08. The normalized spacial score (nSPS) is 13.9. The van der Waals surface area contributed by atoms with Crippen molar-refractivity contribution in [2.75, 3.05) is 0 Å². The number of amides is 1. The fourth-order valence-corrected chi connectivity index (χ4v) is 2.76. The summed E-state index contributed by atoms with van der Waals surface area (Å²) in [6, 6.07) is 15.3. The lowest BCUT2D eigenvalue weighted by Gasteiger charge is -2.24.